The Morgan fingerprint density at radius 2 is 1.66 bits per heavy atom. The Morgan fingerprint density at radius 3 is 2.18 bits per heavy atom. The minimum atomic E-state index is -2.10. The third-order valence-corrected chi connectivity index (χ3v) is 14.5. The van der Waals surface area contributed by atoms with Gasteiger partial charge in [-0.05, 0) is 68.8 Å². The van der Waals surface area contributed by atoms with Crippen LogP contribution >= 0.6 is 11.3 Å². The molecule has 2 heterocycles. The number of nitrogens with one attached hydrogen (secondary N) is 1. The molecule has 0 bridgehead atoms. The molecule has 1 aromatic carbocycles. The molecule has 9 nitrogen and oxygen atoms in total. The molecule has 44 heavy (non-hydrogen) atoms. The minimum absolute atomic E-state index is 0.0121. The Hall–Kier alpha value is -2.47. The number of rotatable bonds is 11. The molecule has 1 aromatic heterocycles. The number of nitrogens with zero attached hydrogens (tertiary/aromatic N) is 3. The van der Waals surface area contributed by atoms with E-state index >= 15 is 0 Å². The lowest BCUT2D eigenvalue weighted by atomic mass is 10.0. The van der Waals surface area contributed by atoms with E-state index in [0.717, 1.165) is 10.1 Å². The number of fused-ring (bicyclic) bond motifs is 1. The maximum Gasteiger partial charge on any atom is 0.408 e. The highest BCUT2D eigenvalue weighted by atomic mass is 32.1. The molecule has 0 radical (unpaired) electrons. The lowest BCUT2D eigenvalue weighted by Crippen LogP contribution is -2.60. The van der Waals surface area contributed by atoms with Crippen LogP contribution in [0.25, 0.3) is 10.1 Å². The summed E-state index contributed by atoms with van der Waals surface area (Å²) in [6, 6.07) is 8.82. The van der Waals surface area contributed by atoms with Gasteiger partial charge >= 0.3 is 6.09 Å². The van der Waals surface area contributed by atoms with Crippen LogP contribution in [0.15, 0.2) is 30.3 Å². The number of hydrogen-bond donors (Lipinski definition) is 2. The highest BCUT2D eigenvalue weighted by Gasteiger charge is 2.41. The molecule has 1 aliphatic heterocycles. The van der Waals surface area contributed by atoms with Gasteiger partial charge in [0.1, 0.15) is 6.04 Å². The molecule has 3 rings (SSSR count). The van der Waals surface area contributed by atoms with Gasteiger partial charge in [-0.3, -0.25) is 19.4 Å². The predicted molar refractivity (Wildman–Crippen MR) is 182 cm³/mol. The maximum atomic E-state index is 13.7. The SMILES string of the molecule is CC(C)C[C@H](NC(=O)c1cc2ccccc2s1)C(=O)N1CCN(C[C@H](CO[Si](C)(C)C(C)(C)C)N(C(=O)O)C(C)(C)C)CC1. The van der Waals surface area contributed by atoms with Crippen LogP contribution in [0.4, 0.5) is 4.79 Å². The molecule has 0 aliphatic carbocycles. The van der Waals surface area contributed by atoms with Crippen molar-refractivity contribution in [3.8, 4) is 0 Å². The highest BCUT2D eigenvalue weighted by Crippen LogP contribution is 2.37. The molecule has 0 unspecified atom stereocenters. The molecule has 3 amide bonds. The highest BCUT2D eigenvalue weighted by molar-refractivity contribution is 7.20. The zero-order chi connectivity index (χ0) is 33.0. The summed E-state index contributed by atoms with van der Waals surface area (Å²) in [6.45, 7) is 23.9. The summed E-state index contributed by atoms with van der Waals surface area (Å²) in [6.07, 6.45) is -0.400. The zero-order valence-corrected chi connectivity index (χ0v) is 30.2. The Morgan fingerprint density at radius 1 is 1.05 bits per heavy atom. The van der Waals surface area contributed by atoms with Crippen molar-refractivity contribution in [1.82, 2.24) is 20.0 Å². The van der Waals surface area contributed by atoms with E-state index in [9.17, 15) is 19.5 Å². The maximum absolute atomic E-state index is 13.7. The summed E-state index contributed by atoms with van der Waals surface area (Å²) in [7, 11) is -2.10. The van der Waals surface area contributed by atoms with Crippen LogP contribution in [-0.2, 0) is 9.22 Å². The number of carbonyl (C=O) groups is 3. The number of carboxylic acid groups (broad SMARTS) is 1. The van der Waals surface area contributed by atoms with E-state index in [4.69, 9.17) is 4.43 Å². The fourth-order valence-corrected chi connectivity index (χ4v) is 7.41. The molecule has 11 heteroatoms. The van der Waals surface area contributed by atoms with Crippen LogP contribution in [0.3, 0.4) is 0 Å². The first-order valence-corrected chi connectivity index (χ1v) is 19.5. The number of benzene rings is 1. The second-order valence-electron chi connectivity index (χ2n) is 15.0. The van der Waals surface area contributed by atoms with Crippen molar-refractivity contribution in [3.63, 3.8) is 0 Å². The van der Waals surface area contributed by atoms with Crippen LogP contribution in [-0.4, -0.2) is 103 Å². The van der Waals surface area contributed by atoms with Gasteiger partial charge in [0.25, 0.3) is 5.91 Å². The van der Waals surface area contributed by atoms with E-state index in [1.165, 1.54) is 16.2 Å². The molecule has 0 saturated carbocycles. The van der Waals surface area contributed by atoms with Crippen molar-refractivity contribution in [1.29, 1.82) is 0 Å². The minimum Gasteiger partial charge on any atom is -0.465 e. The average Bonchev–Trinajstić information content (AvgIpc) is 3.34. The molecule has 2 aromatic rings. The van der Waals surface area contributed by atoms with Gasteiger partial charge in [0.15, 0.2) is 8.32 Å². The second kappa shape index (κ2) is 14.3. The van der Waals surface area contributed by atoms with E-state index in [0.29, 0.717) is 50.6 Å². The van der Waals surface area contributed by atoms with Crippen molar-refractivity contribution < 1.29 is 23.9 Å². The van der Waals surface area contributed by atoms with Gasteiger partial charge in [0.2, 0.25) is 5.91 Å². The average molecular weight is 647 g/mol. The van der Waals surface area contributed by atoms with Gasteiger partial charge in [-0.2, -0.15) is 0 Å². The molecular weight excluding hydrogens is 593 g/mol. The van der Waals surface area contributed by atoms with Crippen LogP contribution in [0.2, 0.25) is 18.1 Å². The fourth-order valence-electron chi connectivity index (χ4n) is 5.41. The zero-order valence-electron chi connectivity index (χ0n) is 28.4. The van der Waals surface area contributed by atoms with Gasteiger partial charge in [-0.15, -0.1) is 11.3 Å². The first-order valence-electron chi connectivity index (χ1n) is 15.8. The normalized spacial score (nSPS) is 16.7. The quantitative estimate of drug-likeness (QED) is 0.276. The third kappa shape index (κ3) is 9.28. The number of piperazine rings is 1. The van der Waals surface area contributed by atoms with Crippen molar-refractivity contribution >= 4 is 47.6 Å². The molecule has 2 atom stereocenters. The lowest BCUT2D eigenvalue weighted by Gasteiger charge is -2.45. The monoisotopic (exact) mass is 646 g/mol. The summed E-state index contributed by atoms with van der Waals surface area (Å²) >= 11 is 1.43. The Balaban J connectivity index is 1.68. The van der Waals surface area contributed by atoms with E-state index < -0.39 is 26.0 Å². The molecule has 0 spiro atoms. The summed E-state index contributed by atoms with van der Waals surface area (Å²) < 4.78 is 7.59. The number of thiophene rings is 1. The summed E-state index contributed by atoms with van der Waals surface area (Å²) in [4.78, 5) is 45.6. The predicted octanol–water partition coefficient (Wildman–Crippen LogP) is 6.36. The number of hydrogen-bond acceptors (Lipinski definition) is 6. The van der Waals surface area contributed by atoms with Gasteiger partial charge in [-0.1, -0.05) is 52.8 Å². The number of amides is 3. The van der Waals surface area contributed by atoms with Crippen LogP contribution in [0.5, 0.6) is 0 Å². The van der Waals surface area contributed by atoms with Gasteiger partial charge in [0, 0.05) is 43.0 Å². The Bertz CT molecular complexity index is 1260. The molecular formula is C33H54N4O5SSi. The molecule has 2 N–H and O–H groups in total. The molecule has 246 valence electrons. The van der Waals surface area contributed by atoms with Crippen molar-refractivity contribution in [2.75, 3.05) is 39.3 Å². The summed E-state index contributed by atoms with van der Waals surface area (Å²) in [5, 5.41) is 14.3. The lowest BCUT2D eigenvalue weighted by molar-refractivity contribution is -0.135. The van der Waals surface area contributed by atoms with E-state index in [-0.39, 0.29) is 28.8 Å². The van der Waals surface area contributed by atoms with Crippen molar-refractivity contribution in [3.05, 3.63) is 35.2 Å². The second-order valence-corrected chi connectivity index (χ2v) is 20.9. The molecule has 1 aliphatic rings. The summed E-state index contributed by atoms with van der Waals surface area (Å²) in [5.41, 5.74) is -0.595. The molecule has 1 saturated heterocycles. The Kier molecular flexibility index (Phi) is 11.7. The third-order valence-electron chi connectivity index (χ3n) is 8.85. The topological polar surface area (TPSA) is 102 Å². The molecule has 1 fully saturated rings. The van der Waals surface area contributed by atoms with Crippen molar-refractivity contribution in [2.24, 2.45) is 5.92 Å². The van der Waals surface area contributed by atoms with Gasteiger partial charge in [0.05, 0.1) is 17.5 Å². The smallest absolute Gasteiger partial charge is 0.408 e. The van der Waals surface area contributed by atoms with Gasteiger partial charge in [-0.25, -0.2) is 4.79 Å². The van der Waals surface area contributed by atoms with Gasteiger partial charge < -0.3 is 19.7 Å². The number of carbonyl (C=O) groups excluding carboxylic acids is 2. The fraction of sp³-hybridized carbons (Fsp3) is 0.667. The Labute approximate surface area is 269 Å². The van der Waals surface area contributed by atoms with Crippen LogP contribution in [0, 0.1) is 5.92 Å². The first-order chi connectivity index (χ1) is 20.3. The van der Waals surface area contributed by atoms with E-state index in [1.807, 2.05) is 56.0 Å². The van der Waals surface area contributed by atoms with Crippen LogP contribution < -0.4 is 5.32 Å². The largest absolute Gasteiger partial charge is 0.465 e. The van der Waals surface area contributed by atoms with Crippen LogP contribution in [0.1, 0.15) is 71.5 Å². The first kappa shape index (κ1) is 36.0. The standard InChI is InChI=1S/C33H54N4O5SSi/c1-23(2)19-26(34-29(38)28-20-24-13-11-12-14-27(24)43-28)30(39)36-17-15-35(16-18-36)21-25(37(31(40)41)32(3,4)5)22-42-44(9,10)33(6,7)8/h11-14,20,23,25-26H,15-19,21-22H2,1-10H3,(H,34,38)(H,40,41)/t25-,26+/m1/s1. The van der Waals surface area contributed by atoms with E-state index in [2.05, 4.69) is 57.9 Å². The van der Waals surface area contributed by atoms with E-state index in [1.54, 1.807) is 0 Å². The van der Waals surface area contributed by atoms with Crippen molar-refractivity contribution in [2.45, 2.75) is 97.6 Å². The summed E-state index contributed by atoms with van der Waals surface area (Å²) in [5.74, 6) is -0.0502.